The molecule has 0 fully saturated rings. The van der Waals surface area contributed by atoms with Crippen molar-refractivity contribution < 1.29 is 0 Å². The van der Waals surface area contributed by atoms with Gasteiger partial charge in [0.05, 0.1) is 0 Å². The maximum atomic E-state index is 5.16. The van der Waals surface area contributed by atoms with E-state index >= 15 is 0 Å². The summed E-state index contributed by atoms with van der Waals surface area (Å²) in [6.45, 7) is 153. The lowest BCUT2D eigenvalue weighted by molar-refractivity contribution is -0.155. The lowest BCUT2D eigenvalue weighted by Crippen LogP contribution is -2.61. The van der Waals surface area contributed by atoms with E-state index in [0.717, 1.165) is 19.3 Å². The average Bonchev–Trinajstić information content (AvgIpc) is 1.44. The minimum absolute atomic E-state index is 0.0367. The maximum absolute atomic E-state index is 5.16. The summed E-state index contributed by atoms with van der Waals surface area (Å²) in [6, 6.07) is 0. The largest absolute Gasteiger partial charge is 0.0946 e. The zero-order valence-corrected chi connectivity index (χ0v) is 84.0. The van der Waals surface area contributed by atoms with Crippen LogP contribution in [0.4, 0.5) is 0 Å². The number of rotatable bonds is 25. The second-order valence-corrected chi connectivity index (χ2v) is 50.6. The quantitative estimate of drug-likeness (QED) is 0.0915. The van der Waals surface area contributed by atoms with Gasteiger partial charge in [-0.25, -0.2) is 0 Å². The number of fused-ring (bicyclic) bond motifs is 3. The molecule has 0 aromatic heterocycles. The Morgan fingerprint density at radius 1 is 0.327 bits per heavy atom. The zero-order valence-electron chi connectivity index (χ0n) is 84.0. The van der Waals surface area contributed by atoms with Crippen LogP contribution in [0.1, 0.15) is 438 Å². The molecule has 0 aliphatic heterocycles. The van der Waals surface area contributed by atoms with Gasteiger partial charge in [0.1, 0.15) is 0 Å². The number of hydrogen-bond donors (Lipinski definition) is 0. The van der Waals surface area contributed by atoms with E-state index in [1.165, 1.54) is 50.2 Å². The Hall–Kier alpha value is -3.12. The molecule has 6 aliphatic carbocycles. The molecule has 0 radical (unpaired) electrons. The molecule has 0 N–H and O–H groups in total. The van der Waals surface area contributed by atoms with Gasteiger partial charge in [0.15, 0.2) is 0 Å². The van der Waals surface area contributed by atoms with Crippen molar-refractivity contribution >= 4 is 11.1 Å². The summed E-state index contributed by atoms with van der Waals surface area (Å²) >= 11 is 0. The second kappa shape index (κ2) is 28.0. The third-order valence-electron chi connectivity index (χ3n) is 43.3. The molecular weight excluding hydrogens is 1320 g/mol. The van der Waals surface area contributed by atoms with Gasteiger partial charge in [-0.2, -0.15) is 0 Å². The Morgan fingerprint density at radius 2 is 0.700 bits per heavy atom. The smallest absolute Gasteiger partial charge is 0.0161 e. The molecule has 0 nitrogen and oxygen atoms in total. The molecule has 0 heterocycles. The van der Waals surface area contributed by atoms with Gasteiger partial charge in [-0.1, -0.05) is 361 Å². The highest BCUT2D eigenvalue weighted by atomic mass is 14.7. The number of hydrogen-bond acceptors (Lipinski definition) is 0. The molecule has 7 rings (SSSR count). The third-order valence-corrected chi connectivity index (χ3v) is 43.3. The van der Waals surface area contributed by atoms with Gasteiger partial charge in [0.25, 0.3) is 0 Å². The lowest BCUT2D eigenvalue weighted by Gasteiger charge is -2.66. The van der Waals surface area contributed by atoms with Crippen LogP contribution in [0.5, 0.6) is 0 Å². The fourth-order valence-corrected chi connectivity index (χ4v) is 25.5. The highest BCUT2D eigenvalue weighted by Gasteiger charge is 2.68. The first-order chi connectivity index (χ1) is 48.6. The predicted octanol–water partition coefficient (Wildman–Crippen LogP) is 34.7. The van der Waals surface area contributed by atoms with E-state index in [-0.39, 0.29) is 105 Å². The Morgan fingerprint density at radius 3 is 1.08 bits per heavy atom. The molecule has 0 spiro atoms. The van der Waals surface area contributed by atoms with Gasteiger partial charge in [-0.15, -0.1) is 0 Å². The van der Waals surface area contributed by atoms with Crippen molar-refractivity contribution in [3.05, 3.63) is 125 Å². The highest BCUT2D eigenvalue weighted by Crippen LogP contribution is 2.77. The first-order valence-electron chi connectivity index (χ1n) is 45.2. The van der Waals surface area contributed by atoms with Crippen molar-refractivity contribution in [2.24, 2.45) is 140 Å². The summed E-state index contributed by atoms with van der Waals surface area (Å²) in [5.74, 6) is 4.67. The Labute approximate surface area is 687 Å². The van der Waals surface area contributed by atoms with Crippen LogP contribution in [0.15, 0.2) is 91.2 Å². The van der Waals surface area contributed by atoms with E-state index in [2.05, 4.69) is 374 Å². The fourth-order valence-electron chi connectivity index (χ4n) is 25.5. The van der Waals surface area contributed by atoms with Crippen LogP contribution in [0.25, 0.3) is 11.1 Å². The number of allylic oxidation sites excluding steroid dienone is 16. The molecule has 0 amide bonds. The first kappa shape index (κ1) is 94.0. The van der Waals surface area contributed by atoms with Crippen molar-refractivity contribution in [1.29, 1.82) is 0 Å². The van der Waals surface area contributed by atoms with Crippen LogP contribution in [-0.4, -0.2) is 0 Å². The second-order valence-electron chi connectivity index (χ2n) is 50.6. The van der Waals surface area contributed by atoms with Crippen molar-refractivity contribution in [3.8, 4) is 0 Å². The summed E-state index contributed by atoms with van der Waals surface area (Å²) in [5.41, 5.74) is 31.4. The molecule has 0 saturated heterocycles. The minimum atomic E-state index is -0.409. The zero-order chi connectivity index (χ0) is 86.3. The summed E-state index contributed by atoms with van der Waals surface area (Å²) in [7, 11) is 0. The lowest BCUT2D eigenvalue weighted by atomic mass is 9.38. The average molecular weight is 1510 g/mol. The summed E-state index contributed by atoms with van der Waals surface area (Å²) in [4.78, 5) is 0. The van der Waals surface area contributed by atoms with Crippen LogP contribution in [0, 0.1) is 140 Å². The molecule has 10 atom stereocenters. The molecule has 6 aliphatic rings. The topological polar surface area (TPSA) is 0 Å². The van der Waals surface area contributed by atoms with E-state index in [0.29, 0.717) is 47.3 Å². The summed E-state index contributed by atoms with van der Waals surface area (Å²) in [5, 5.41) is 0. The van der Waals surface area contributed by atoms with Crippen molar-refractivity contribution in [2.75, 3.05) is 0 Å². The van der Waals surface area contributed by atoms with Crippen molar-refractivity contribution in [1.82, 2.24) is 0 Å². The Bertz CT molecular complexity index is 4070. The first-order valence-corrected chi connectivity index (χ1v) is 45.2. The molecular formula is C110H184. The van der Waals surface area contributed by atoms with E-state index in [1.54, 1.807) is 72.4 Å². The van der Waals surface area contributed by atoms with Gasteiger partial charge in [0.2, 0.25) is 0 Å². The van der Waals surface area contributed by atoms with Crippen molar-refractivity contribution in [2.45, 2.75) is 416 Å². The summed E-state index contributed by atoms with van der Waals surface area (Å²) in [6.07, 6.45) is 3.12. The van der Waals surface area contributed by atoms with Crippen molar-refractivity contribution in [3.63, 3.8) is 0 Å². The van der Waals surface area contributed by atoms with Crippen LogP contribution in [0.2, 0.25) is 0 Å². The SMILES string of the molecule is C=C1C2=C(C3CC(C)=C(C4=C(C)c5c(c(C(C)(C)C(C)(C)C(C)(C)C(C)(C)C(C)(C)C(C)(C)C)c6c(c5C(C)(C)C(C)(C)C(C)(C)C(C)(C)C(C)(C)C(C)(C)C)C(C(C)(C)C(C)(C)C(C)(C)C(C)C(C)C(C)C)C(C)=C6C)C4C(C)(C)C(C)(C)C(C)C(C)C(C)C(C)C)C3)C(C)C(=C)C2=C(C2=C(C)C(C)=C(C)C2)C1C. The molecule has 1 aromatic carbocycles. The summed E-state index contributed by atoms with van der Waals surface area (Å²) < 4.78 is 0. The van der Waals surface area contributed by atoms with E-state index in [4.69, 9.17) is 13.2 Å². The van der Waals surface area contributed by atoms with Gasteiger partial charge in [-0.05, 0) is 307 Å². The van der Waals surface area contributed by atoms with E-state index < -0.39 is 10.8 Å². The molecule has 624 valence electrons. The number of benzene rings is 1. The molecule has 0 heteroatoms. The molecule has 1 aromatic rings. The molecule has 10 unspecified atom stereocenters. The Balaban J connectivity index is 1.87. The van der Waals surface area contributed by atoms with Gasteiger partial charge in [-0.3, -0.25) is 0 Å². The van der Waals surface area contributed by atoms with Crippen LogP contribution < -0.4 is 0 Å². The minimum Gasteiger partial charge on any atom is -0.0946 e. The van der Waals surface area contributed by atoms with E-state index in [9.17, 15) is 0 Å². The fraction of sp³-hybridized carbons (Fsp3) is 0.782. The Kier molecular flexibility index (Phi) is 24.0. The van der Waals surface area contributed by atoms with Gasteiger partial charge < -0.3 is 0 Å². The molecule has 110 heavy (non-hydrogen) atoms. The normalized spacial score (nSPS) is 23.7. The highest BCUT2D eigenvalue weighted by molar-refractivity contribution is 5.93. The third kappa shape index (κ3) is 12.4. The standard InChI is InChI=1S/C110H184/c1-60(2)64(7)67(10)77(20)96(27,28)98(31,32)91-83(79-59-78(57-63(79)6)81-69(12)71(14)85-82(70(13)72(15)84(81)85)80-58-62(5)66(9)68(80)11)75(18)87-89(91)92(100(35,36)105(45,46)109(53,54)107(49,50)102(39,40)94(21,22)23)86-73(16)74(17)90(99(33,34)104(43,44)97(29,30)76(19)65(8)61(3)4)88(86)93(87)101(37,38)106(47,48)110(55,56)108(51,52)103(41,42)95(24,25)26/h60-61,64-65,67,69-70,76-78,90-91H,14-15,57-59H2,1-13,16-56H3. The van der Waals surface area contributed by atoms with Gasteiger partial charge >= 0.3 is 0 Å². The predicted molar refractivity (Wildman–Crippen MR) is 494 cm³/mol. The maximum Gasteiger partial charge on any atom is 0.0161 e. The van der Waals surface area contributed by atoms with E-state index in [1.807, 2.05) is 0 Å². The van der Waals surface area contributed by atoms with Crippen LogP contribution in [0.3, 0.4) is 0 Å². The monoisotopic (exact) mass is 1510 g/mol. The molecule has 0 bridgehead atoms. The van der Waals surface area contributed by atoms with Crippen LogP contribution >= 0.6 is 0 Å². The van der Waals surface area contributed by atoms with Gasteiger partial charge in [0, 0.05) is 23.7 Å². The molecule has 0 saturated carbocycles. The van der Waals surface area contributed by atoms with Crippen LogP contribution in [-0.2, 0) is 10.8 Å².